The number of aromatic nitrogens is 1. The molecular weight excluding hydrogens is 436 g/mol. The molecule has 2 saturated heterocycles. The highest BCUT2D eigenvalue weighted by Gasteiger charge is 2.31. The summed E-state index contributed by atoms with van der Waals surface area (Å²) in [5, 5.41) is 0. The Morgan fingerprint density at radius 3 is 2.39 bits per heavy atom. The standard InChI is InChI=1S/C25H34N4O3S/c1-3-29(22-9-5-4-6-10-22)33(31,32)23-11-12-24(26-18-23)27-16-13-21(14-17-27)25(30)28-15-7-8-20(2)19-28/h4-6,9-12,18,20-21H,3,7-8,13-17,19H2,1-2H3. The Hall–Kier alpha value is -2.61. The van der Waals surface area contributed by atoms with Gasteiger partial charge in [0.15, 0.2) is 0 Å². The van der Waals surface area contributed by atoms with Crippen LogP contribution in [0.1, 0.15) is 39.5 Å². The number of nitrogens with zero attached hydrogens (tertiary/aromatic N) is 4. The lowest BCUT2D eigenvalue weighted by Crippen LogP contribution is -2.46. The normalized spacial score (nSPS) is 20.0. The molecule has 0 aliphatic carbocycles. The number of hydrogen-bond acceptors (Lipinski definition) is 5. The molecule has 8 heteroatoms. The lowest BCUT2D eigenvalue weighted by Gasteiger charge is -2.37. The highest BCUT2D eigenvalue weighted by molar-refractivity contribution is 7.92. The van der Waals surface area contributed by atoms with Gasteiger partial charge in [-0.1, -0.05) is 25.1 Å². The molecule has 1 aromatic heterocycles. The fourth-order valence-electron chi connectivity index (χ4n) is 4.93. The molecule has 0 saturated carbocycles. The molecular formula is C25H34N4O3S. The van der Waals surface area contributed by atoms with E-state index in [9.17, 15) is 13.2 Å². The van der Waals surface area contributed by atoms with Crippen LogP contribution < -0.4 is 9.21 Å². The molecule has 2 aromatic rings. The summed E-state index contributed by atoms with van der Waals surface area (Å²) < 4.78 is 27.7. The first-order valence-electron chi connectivity index (χ1n) is 12.0. The predicted molar refractivity (Wildman–Crippen MR) is 131 cm³/mol. The van der Waals surface area contributed by atoms with Gasteiger partial charge in [-0.15, -0.1) is 0 Å². The molecule has 0 radical (unpaired) electrons. The summed E-state index contributed by atoms with van der Waals surface area (Å²) in [5.74, 6) is 1.73. The fourth-order valence-corrected chi connectivity index (χ4v) is 6.35. The third-order valence-electron chi connectivity index (χ3n) is 6.78. The van der Waals surface area contributed by atoms with Crippen LogP contribution in [-0.2, 0) is 14.8 Å². The summed E-state index contributed by atoms with van der Waals surface area (Å²) in [4.78, 5) is 21.8. The molecule has 3 heterocycles. The Kier molecular flexibility index (Phi) is 7.22. The zero-order valence-corrected chi connectivity index (χ0v) is 20.4. The molecule has 0 spiro atoms. The second kappa shape index (κ2) is 10.1. The van der Waals surface area contributed by atoms with Gasteiger partial charge in [-0.05, 0) is 62.8 Å². The number of likely N-dealkylation sites (tertiary alicyclic amines) is 1. The van der Waals surface area contributed by atoms with E-state index in [1.54, 1.807) is 24.3 Å². The van der Waals surface area contributed by atoms with Crippen molar-refractivity contribution in [1.82, 2.24) is 9.88 Å². The number of para-hydroxylation sites is 1. The molecule has 33 heavy (non-hydrogen) atoms. The molecule has 178 valence electrons. The number of pyridine rings is 1. The second-order valence-corrected chi connectivity index (χ2v) is 11.0. The molecule has 0 N–H and O–H groups in total. The Balaban J connectivity index is 1.39. The minimum Gasteiger partial charge on any atom is -0.357 e. The molecule has 7 nitrogen and oxygen atoms in total. The minimum atomic E-state index is -3.69. The number of sulfonamides is 1. The molecule has 2 aliphatic rings. The number of carbonyl (C=O) groups excluding carboxylic acids is 1. The first kappa shape index (κ1) is 23.5. The third-order valence-corrected chi connectivity index (χ3v) is 8.66. The molecule has 2 fully saturated rings. The van der Waals surface area contributed by atoms with Crippen LogP contribution in [0.15, 0.2) is 53.6 Å². The molecule has 4 rings (SSSR count). The third kappa shape index (κ3) is 5.16. The van der Waals surface area contributed by atoms with Gasteiger partial charge < -0.3 is 9.80 Å². The van der Waals surface area contributed by atoms with Crippen molar-refractivity contribution in [1.29, 1.82) is 0 Å². The number of amides is 1. The van der Waals surface area contributed by atoms with Crippen LogP contribution in [0.2, 0.25) is 0 Å². The van der Waals surface area contributed by atoms with E-state index in [0.29, 0.717) is 24.1 Å². The van der Waals surface area contributed by atoms with Gasteiger partial charge in [0.2, 0.25) is 5.91 Å². The van der Waals surface area contributed by atoms with E-state index in [0.717, 1.165) is 51.3 Å². The Morgan fingerprint density at radius 2 is 1.79 bits per heavy atom. The highest BCUT2D eigenvalue weighted by atomic mass is 32.2. The molecule has 1 amide bonds. The Bertz CT molecular complexity index is 1040. The van der Waals surface area contributed by atoms with E-state index in [2.05, 4.69) is 21.7 Å². The number of hydrogen-bond donors (Lipinski definition) is 0. The molecule has 1 aromatic carbocycles. The largest absolute Gasteiger partial charge is 0.357 e. The van der Waals surface area contributed by atoms with Crippen molar-refractivity contribution in [2.45, 2.75) is 44.4 Å². The molecule has 1 atom stereocenters. The topological polar surface area (TPSA) is 73.8 Å². The number of rotatable bonds is 6. The van der Waals surface area contributed by atoms with Crippen LogP contribution in [0.4, 0.5) is 11.5 Å². The number of piperidine rings is 2. The van der Waals surface area contributed by atoms with Crippen molar-refractivity contribution in [3.63, 3.8) is 0 Å². The smallest absolute Gasteiger partial charge is 0.265 e. The van der Waals surface area contributed by atoms with Gasteiger partial charge in [0.1, 0.15) is 10.7 Å². The fraction of sp³-hybridized carbons (Fsp3) is 0.520. The SMILES string of the molecule is CCN(c1ccccc1)S(=O)(=O)c1ccc(N2CCC(C(=O)N3CCCC(C)C3)CC2)nc1. The number of benzene rings is 1. The first-order chi connectivity index (χ1) is 15.9. The van der Waals surface area contributed by atoms with Crippen molar-refractivity contribution in [3.8, 4) is 0 Å². The summed E-state index contributed by atoms with van der Waals surface area (Å²) in [5.41, 5.74) is 0.638. The lowest BCUT2D eigenvalue weighted by molar-refractivity contribution is -0.137. The van der Waals surface area contributed by atoms with Crippen LogP contribution in [0.5, 0.6) is 0 Å². The maximum Gasteiger partial charge on any atom is 0.265 e. The van der Waals surface area contributed by atoms with Crippen molar-refractivity contribution in [3.05, 3.63) is 48.7 Å². The average Bonchev–Trinajstić information content (AvgIpc) is 2.85. The van der Waals surface area contributed by atoms with Crippen molar-refractivity contribution < 1.29 is 13.2 Å². The number of carbonyl (C=O) groups is 1. The molecule has 2 aliphatic heterocycles. The van der Waals surface area contributed by atoms with Crippen LogP contribution in [0.3, 0.4) is 0 Å². The Labute approximate surface area is 197 Å². The van der Waals surface area contributed by atoms with Crippen LogP contribution in [-0.4, -0.2) is 56.9 Å². The van der Waals surface area contributed by atoms with Crippen molar-refractivity contribution >= 4 is 27.4 Å². The van der Waals surface area contributed by atoms with E-state index >= 15 is 0 Å². The quantitative estimate of drug-likeness (QED) is 0.643. The highest BCUT2D eigenvalue weighted by Crippen LogP contribution is 2.27. The number of anilines is 2. The summed E-state index contributed by atoms with van der Waals surface area (Å²) in [6.07, 6.45) is 5.38. The van der Waals surface area contributed by atoms with Gasteiger partial charge in [0.25, 0.3) is 10.0 Å². The van der Waals surface area contributed by atoms with E-state index in [-0.39, 0.29) is 10.8 Å². The van der Waals surface area contributed by atoms with E-state index in [4.69, 9.17) is 0 Å². The van der Waals surface area contributed by atoms with Gasteiger partial charge in [0.05, 0.1) is 5.69 Å². The predicted octanol–water partition coefficient (Wildman–Crippen LogP) is 3.77. The Morgan fingerprint density at radius 1 is 1.06 bits per heavy atom. The zero-order valence-electron chi connectivity index (χ0n) is 19.6. The maximum atomic E-state index is 13.2. The van der Waals surface area contributed by atoms with Crippen molar-refractivity contribution in [2.24, 2.45) is 11.8 Å². The maximum absolute atomic E-state index is 13.2. The van der Waals surface area contributed by atoms with Crippen LogP contribution in [0, 0.1) is 11.8 Å². The van der Waals surface area contributed by atoms with E-state index < -0.39 is 10.0 Å². The zero-order chi connectivity index (χ0) is 23.4. The minimum absolute atomic E-state index is 0.0789. The second-order valence-electron chi connectivity index (χ2n) is 9.15. The van der Waals surface area contributed by atoms with Gasteiger partial charge >= 0.3 is 0 Å². The van der Waals surface area contributed by atoms with Crippen LogP contribution >= 0.6 is 0 Å². The van der Waals surface area contributed by atoms with Crippen molar-refractivity contribution in [2.75, 3.05) is 41.9 Å². The van der Waals surface area contributed by atoms with Gasteiger partial charge in [-0.2, -0.15) is 0 Å². The summed E-state index contributed by atoms with van der Waals surface area (Å²) in [7, 11) is -3.69. The van der Waals surface area contributed by atoms with Gasteiger partial charge in [0, 0.05) is 44.8 Å². The molecule has 1 unspecified atom stereocenters. The van der Waals surface area contributed by atoms with Gasteiger partial charge in [-0.3, -0.25) is 9.10 Å². The van der Waals surface area contributed by atoms with Gasteiger partial charge in [-0.25, -0.2) is 13.4 Å². The summed E-state index contributed by atoms with van der Waals surface area (Å²) in [6.45, 7) is 7.66. The van der Waals surface area contributed by atoms with Crippen LogP contribution in [0.25, 0.3) is 0 Å². The first-order valence-corrected chi connectivity index (χ1v) is 13.4. The monoisotopic (exact) mass is 470 g/mol. The average molecular weight is 471 g/mol. The lowest BCUT2D eigenvalue weighted by atomic mass is 9.93. The molecule has 0 bridgehead atoms. The van der Waals surface area contributed by atoms with E-state index in [1.807, 2.05) is 25.1 Å². The summed E-state index contributed by atoms with van der Waals surface area (Å²) >= 11 is 0. The summed E-state index contributed by atoms with van der Waals surface area (Å²) in [6, 6.07) is 12.5. The van der Waals surface area contributed by atoms with E-state index in [1.165, 1.54) is 16.9 Å².